The lowest BCUT2D eigenvalue weighted by Gasteiger charge is -2.08. The fourth-order valence-corrected chi connectivity index (χ4v) is 2.22. The summed E-state index contributed by atoms with van der Waals surface area (Å²) in [6.45, 7) is 0.711. The number of carboxylic acid groups (broad SMARTS) is 1. The fourth-order valence-electron chi connectivity index (χ4n) is 2.22. The Balaban J connectivity index is 1.76. The molecule has 0 saturated carbocycles. The summed E-state index contributed by atoms with van der Waals surface area (Å²) < 4.78 is 0. The molecule has 1 aromatic carbocycles. The van der Waals surface area contributed by atoms with E-state index in [9.17, 15) is 9.59 Å². The third-order valence-corrected chi connectivity index (χ3v) is 3.25. The van der Waals surface area contributed by atoms with Gasteiger partial charge in [-0.1, -0.05) is 6.07 Å². The Morgan fingerprint density at radius 3 is 2.71 bits per heavy atom. The van der Waals surface area contributed by atoms with Gasteiger partial charge >= 0.3 is 6.09 Å². The number of carbonyl (C=O) groups excluding carboxylic acids is 1. The van der Waals surface area contributed by atoms with Crippen molar-refractivity contribution in [3.8, 4) is 0 Å². The standard InChI is InChI=1S/C14H12N4O3/c19-13(12-6-15-3-4-16-12)17-11-2-1-9-7-18(14(20)21)8-10(9)5-11/h1-6H,7-8H2,(H,17,19)(H,20,21). The molecule has 0 aliphatic carbocycles. The van der Waals surface area contributed by atoms with Crippen molar-refractivity contribution in [2.45, 2.75) is 13.1 Å². The second-order valence-corrected chi connectivity index (χ2v) is 4.67. The topological polar surface area (TPSA) is 95.4 Å². The average Bonchev–Trinajstić information content (AvgIpc) is 2.91. The number of carbonyl (C=O) groups is 2. The third kappa shape index (κ3) is 2.66. The quantitative estimate of drug-likeness (QED) is 0.875. The number of hydrogen-bond donors (Lipinski definition) is 2. The van der Waals surface area contributed by atoms with Crippen molar-refractivity contribution in [1.82, 2.24) is 14.9 Å². The number of anilines is 1. The van der Waals surface area contributed by atoms with Gasteiger partial charge in [0.1, 0.15) is 5.69 Å². The summed E-state index contributed by atoms with van der Waals surface area (Å²) in [4.78, 5) is 32.0. The first-order chi connectivity index (χ1) is 10.1. The van der Waals surface area contributed by atoms with Crippen molar-refractivity contribution >= 4 is 17.7 Å². The van der Waals surface area contributed by atoms with Crippen LogP contribution >= 0.6 is 0 Å². The van der Waals surface area contributed by atoms with Crippen LogP contribution in [0.3, 0.4) is 0 Å². The van der Waals surface area contributed by atoms with Gasteiger partial charge < -0.3 is 10.4 Å². The van der Waals surface area contributed by atoms with E-state index in [-0.39, 0.29) is 11.6 Å². The fraction of sp³-hybridized carbons (Fsp3) is 0.143. The van der Waals surface area contributed by atoms with Crippen LogP contribution in [0.5, 0.6) is 0 Å². The van der Waals surface area contributed by atoms with Gasteiger partial charge in [-0.05, 0) is 23.3 Å². The predicted octanol–water partition coefficient (Wildman–Crippen LogP) is 1.72. The van der Waals surface area contributed by atoms with Crippen LogP contribution in [-0.4, -0.2) is 32.0 Å². The molecule has 2 heterocycles. The Morgan fingerprint density at radius 2 is 2.00 bits per heavy atom. The molecule has 1 aliphatic heterocycles. The van der Waals surface area contributed by atoms with Crippen molar-refractivity contribution in [2.75, 3.05) is 5.32 Å². The normalized spacial score (nSPS) is 12.9. The van der Waals surface area contributed by atoms with E-state index in [0.29, 0.717) is 18.8 Å². The van der Waals surface area contributed by atoms with Gasteiger partial charge in [0.25, 0.3) is 5.91 Å². The van der Waals surface area contributed by atoms with Crippen molar-refractivity contribution in [2.24, 2.45) is 0 Å². The van der Waals surface area contributed by atoms with Crippen LogP contribution < -0.4 is 5.32 Å². The minimum Gasteiger partial charge on any atom is -0.465 e. The van der Waals surface area contributed by atoms with E-state index >= 15 is 0 Å². The molecule has 2 aromatic rings. The monoisotopic (exact) mass is 284 g/mol. The Hall–Kier alpha value is -2.96. The first-order valence-electron chi connectivity index (χ1n) is 6.30. The van der Waals surface area contributed by atoms with Crippen LogP contribution in [0.15, 0.2) is 36.8 Å². The number of nitrogens with zero attached hydrogens (tertiary/aromatic N) is 3. The van der Waals surface area contributed by atoms with Crippen molar-refractivity contribution in [3.05, 3.63) is 53.6 Å². The van der Waals surface area contributed by atoms with Crippen LogP contribution in [0.1, 0.15) is 21.6 Å². The second kappa shape index (κ2) is 5.20. The number of hydrogen-bond acceptors (Lipinski definition) is 4. The number of fused-ring (bicyclic) bond motifs is 1. The maximum Gasteiger partial charge on any atom is 0.407 e. The summed E-state index contributed by atoms with van der Waals surface area (Å²) in [5.41, 5.74) is 2.69. The van der Waals surface area contributed by atoms with E-state index < -0.39 is 6.09 Å². The van der Waals surface area contributed by atoms with Gasteiger partial charge in [0, 0.05) is 31.2 Å². The zero-order valence-corrected chi connectivity index (χ0v) is 11.0. The lowest BCUT2D eigenvalue weighted by molar-refractivity contribution is 0.102. The molecular weight excluding hydrogens is 272 g/mol. The predicted molar refractivity (Wildman–Crippen MR) is 73.7 cm³/mol. The van der Waals surface area contributed by atoms with Gasteiger partial charge in [0.15, 0.2) is 0 Å². The molecule has 106 valence electrons. The molecule has 3 rings (SSSR count). The molecule has 21 heavy (non-hydrogen) atoms. The molecule has 7 heteroatoms. The Kier molecular flexibility index (Phi) is 3.23. The van der Waals surface area contributed by atoms with Gasteiger partial charge in [-0.25, -0.2) is 9.78 Å². The largest absolute Gasteiger partial charge is 0.465 e. The summed E-state index contributed by atoms with van der Waals surface area (Å²) in [5, 5.41) is 11.7. The van der Waals surface area contributed by atoms with Crippen LogP contribution in [0, 0.1) is 0 Å². The highest BCUT2D eigenvalue weighted by atomic mass is 16.4. The maximum absolute atomic E-state index is 12.0. The molecule has 0 unspecified atom stereocenters. The number of rotatable bonds is 2. The van der Waals surface area contributed by atoms with Gasteiger partial charge in [-0.2, -0.15) is 0 Å². The SMILES string of the molecule is O=C(Nc1ccc2c(c1)CN(C(=O)O)C2)c1cnccn1. The first kappa shape index (κ1) is 13.0. The first-order valence-corrected chi connectivity index (χ1v) is 6.30. The zero-order chi connectivity index (χ0) is 14.8. The Labute approximate surface area is 120 Å². The van der Waals surface area contributed by atoms with E-state index in [1.807, 2.05) is 6.07 Å². The Morgan fingerprint density at radius 1 is 1.19 bits per heavy atom. The summed E-state index contributed by atoms with van der Waals surface area (Å²) in [6.07, 6.45) is 3.38. The molecule has 0 bridgehead atoms. The number of amides is 2. The van der Waals surface area contributed by atoms with E-state index in [2.05, 4.69) is 15.3 Å². The molecule has 0 spiro atoms. The molecular formula is C14H12N4O3. The van der Waals surface area contributed by atoms with Crippen LogP contribution in [0.25, 0.3) is 0 Å². The minimum atomic E-state index is -0.948. The van der Waals surface area contributed by atoms with Gasteiger partial charge in [-0.3, -0.25) is 14.7 Å². The number of aromatic nitrogens is 2. The van der Waals surface area contributed by atoms with Gasteiger partial charge in [-0.15, -0.1) is 0 Å². The lowest BCUT2D eigenvalue weighted by Crippen LogP contribution is -2.22. The van der Waals surface area contributed by atoms with Crippen molar-refractivity contribution < 1.29 is 14.7 Å². The van der Waals surface area contributed by atoms with Gasteiger partial charge in [0.2, 0.25) is 0 Å². The van der Waals surface area contributed by atoms with Crippen LogP contribution in [-0.2, 0) is 13.1 Å². The molecule has 1 aromatic heterocycles. The smallest absolute Gasteiger partial charge is 0.407 e. The molecule has 0 saturated heterocycles. The Bertz CT molecular complexity index is 703. The van der Waals surface area contributed by atoms with Crippen LogP contribution in [0.4, 0.5) is 10.5 Å². The molecule has 2 amide bonds. The summed E-state index contributed by atoms with van der Waals surface area (Å²) in [5.74, 6) is -0.351. The van der Waals surface area contributed by atoms with Gasteiger partial charge in [0.05, 0.1) is 6.20 Å². The highest BCUT2D eigenvalue weighted by Crippen LogP contribution is 2.25. The summed E-state index contributed by atoms with van der Waals surface area (Å²) in [6, 6.07) is 5.36. The maximum atomic E-state index is 12.0. The molecule has 1 aliphatic rings. The second-order valence-electron chi connectivity index (χ2n) is 4.67. The summed E-state index contributed by atoms with van der Waals surface area (Å²) >= 11 is 0. The average molecular weight is 284 g/mol. The highest BCUT2D eigenvalue weighted by molar-refractivity contribution is 6.02. The lowest BCUT2D eigenvalue weighted by atomic mass is 10.1. The number of nitrogens with one attached hydrogen (secondary N) is 1. The molecule has 0 atom stereocenters. The van der Waals surface area contributed by atoms with Crippen LogP contribution in [0.2, 0.25) is 0 Å². The molecule has 0 radical (unpaired) electrons. The van der Waals surface area contributed by atoms with E-state index in [0.717, 1.165) is 11.1 Å². The highest BCUT2D eigenvalue weighted by Gasteiger charge is 2.23. The van der Waals surface area contributed by atoms with Crippen molar-refractivity contribution in [1.29, 1.82) is 0 Å². The molecule has 2 N–H and O–H groups in total. The summed E-state index contributed by atoms with van der Waals surface area (Å²) in [7, 11) is 0. The number of benzene rings is 1. The van der Waals surface area contributed by atoms with E-state index in [1.165, 1.54) is 23.5 Å². The molecule has 0 fully saturated rings. The van der Waals surface area contributed by atoms with E-state index in [1.54, 1.807) is 12.1 Å². The van der Waals surface area contributed by atoms with E-state index in [4.69, 9.17) is 5.11 Å². The third-order valence-electron chi connectivity index (χ3n) is 3.25. The zero-order valence-electron chi connectivity index (χ0n) is 11.0. The minimum absolute atomic E-state index is 0.227. The molecule has 7 nitrogen and oxygen atoms in total. The van der Waals surface area contributed by atoms with Crippen molar-refractivity contribution in [3.63, 3.8) is 0 Å².